The molecule has 0 saturated carbocycles. The molecule has 9 heteroatoms. The molecule has 0 aromatic carbocycles. The Morgan fingerprint density at radius 2 is 2.50 bits per heavy atom. The minimum atomic E-state index is -0.984. The Bertz CT molecular complexity index is 561. The number of nitrogens with two attached hydrogens (primary N) is 1. The van der Waals surface area contributed by atoms with Gasteiger partial charge in [0.2, 0.25) is 0 Å². The van der Waals surface area contributed by atoms with Crippen LogP contribution >= 0.6 is 11.3 Å². The van der Waals surface area contributed by atoms with Gasteiger partial charge in [-0.05, 0) is 6.07 Å². The second kappa shape index (κ2) is 5.27. The molecule has 1 amide bonds. The fourth-order valence-electron chi connectivity index (χ4n) is 1.14. The third-order valence-electron chi connectivity index (χ3n) is 1.91. The van der Waals surface area contributed by atoms with Crippen LogP contribution in [0.4, 0.5) is 5.13 Å². The number of anilines is 1. The minimum Gasteiger partial charge on any atom is -0.388 e. The zero-order valence-corrected chi connectivity index (χ0v) is 9.90. The van der Waals surface area contributed by atoms with E-state index in [1.54, 1.807) is 17.6 Å². The number of thiazole rings is 1. The lowest BCUT2D eigenvalue weighted by Gasteiger charge is -1.98. The van der Waals surface area contributed by atoms with E-state index in [9.17, 15) is 4.79 Å². The van der Waals surface area contributed by atoms with Gasteiger partial charge in [-0.15, -0.1) is 11.3 Å². The number of rotatable bonds is 5. The normalized spacial score (nSPS) is 11.4. The Kier molecular flexibility index (Phi) is 3.53. The highest BCUT2D eigenvalue weighted by atomic mass is 32.1. The number of H-pyrrole nitrogens is 1. The van der Waals surface area contributed by atoms with Crippen molar-refractivity contribution in [1.29, 1.82) is 0 Å². The first-order valence-electron chi connectivity index (χ1n) is 4.82. The summed E-state index contributed by atoms with van der Waals surface area (Å²) in [4.78, 5) is 19.9. The van der Waals surface area contributed by atoms with Crippen LogP contribution in [0.15, 0.2) is 22.8 Å². The van der Waals surface area contributed by atoms with Gasteiger partial charge in [-0.2, -0.15) is 5.10 Å². The van der Waals surface area contributed by atoms with Crippen molar-refractivity contribution in [3.05, 3.63) is 29.0 Å². The van der Waals surface area contributed by atoms with Crippen LogP contribution in [0.3, 0.4) is 0 Å². The number of aromatic amines is 1. The van der Waals surface area contributed by atoms with Gasteiger partial charge in [0.15, 0.2) is 17.5 Å². The molecule has 2 rings (SSSR count). The quantitative estimate of drug-likeness (QED) is 0.588. The van der Waals surface area contributed by atoms with E-state index in [0.717, 1.165) is 11.3 Å². The molecule has 18 heavy (non-hydrogen) atoms. The largest absolute Gasteiger partial charge is 0.388 e. The highest BCUT2D eigenvalue weighted by Crippen LogP contribution is 2.12. The van der Waals surface area contributed by atoms with E-state index in [4.69, 9.17) is 16.3 Å². The number of carbonyl (C=O) groups is 1. The van der Waals surface area contributed by atoms with Gasteiger partial charge in [0.05, 0.1) is 0 Å². The van der Waals surface area contributed by atoms with Gasteiger partial charge in [0, 0.05) is 11.6 Å². The molecule has 93 valence electrons. The lowest BCUT2D eigenvalue weighted by molar-refractivity contribution is -0.112. The van der Waals surface area contributed by atoms with Crippen LogP contribution < -0.4 is 11.5 Å². The molecule has 0 saturated heterocycles. The molecule has 0 unspecified atom stereocenters. The summed E-state index contributed by atoms with van der Waals surface area (Å²) in [7, 11) is 0. The van der Waals surface area contributed by atoms with Gasteiger partial charge in [0.25, 0.3) is 5.91 Å². The lowest BCUT2D eigenvalue weighted by atomic mass is 10.3. The monoisotopic (exact) mass is 265 g/mol. The third kappa shape index (κ3) is 2.83. The van der Waals surface area contributed by atoms with Gasteiger partial charge >= 0.3 is 0 Å². The van der Waals surface area contributed by atoms with Crippen LogP contribution in [-0.2, 0) is 16.2 Å². The molecule has 2 aromatic heterocycles. The van der Waals surface area contributed by atoms with Crippen molar-refractivity contribution in [3.63, 3.8) is 0 Å². The summed E-state index contributed by atoms with van der Waals surface area (Å²) < 4.78 is 0. The molecule has 2 heterocycles. The number of carbonyl (C=O) groups excluding carboxylic acids is 1. The fourth-order valence-corrected chi connectivity index (χ4v) is 1.68. The first-order valence-corrected chi connectivity index (χ1v) is 5.70. The molecule has 0 aliphatic rings. The number of nitrogen functional groups attached to an aromatic ring is 1. The molecule has 0 fully saturated rings. The highest BCUT2D eigenvalue weighted by molar-refractivity contribution is 7.13. The van der Waals surface area contributed by atoms with Crippen LogP contribution in [0, 0.1) is 0 Å². The Hall–Kier alpha value is -2.42. The van der Waals surface area contributed by atoms with Gasteiger partial charge in [0.1, 0.15) is 11.4 Å². The Morgan fingerprint density at radius 1 is 1.67 bits per heavy atom. The van der Waals surface area contributed by atoms with Gasteiger partial charge in [-0.3, -0.25) is 15.6 Å². The summed E-state index contributed by atoms with van der Waals surface area (Å²) in [6.45, 7) is 0.0971. The second-order valence-electron chi connectivity index (χ2n) is 3.18. The van der Waals surface area contributed by atoms with E-state index in [2.05, 4.69) is 20.3 Å². The summed E-state index contributed by atoms with van der Waals surface area (Å²) in [6.07, 6.45) is 1.64. The molecule has 4 N–H and O–H groups in total. The number of oxime groups is 1. The van der Waals surface area contributed by atoms with Crippen molar-refractivity contribution in [2.24, 2.45) is 5.16 Å². The summed E-state index contributed by atoms with van der Waals surface area (Å²) in [5.41, 5.74) is 13.2. The fraction of sp³-hybridized carbons (Fsp3) is 0.111. The van der Waals surface area contributed by atoms with Crippen molar-refractivity contribution in [2.45, 2.75) is 6.61 Å². The minimum absolute atomic E-state index is 0.0971. The van der Waals surface area contributed by atoms with Crippen LogP contribution in [0.5, 0.6) is 0 Å². The number of nitrogens with one attached hydrogen (secondary N) is 2. The smallest absolute Gasteiger partial charge is 0.294 e. The SMILES string of the molecule is [NH]C(=O)C(=NOCc1cc[nH]n1)c1csc(N)n1. The molecule has 0 aliphatic heterocycles. The van der Waals surface area contributed by atoms with E-state index in [0.29, 0.717) is 10.8 Å². The topological polar surface area (TPSA) is 130 Å². The summed E-state index contributed by atoms with van der Waals surface area (Å²) in [6, 6.07) is 1.71. The van der Waals surface area contributed by atoms with E-state index < -0.39 is 5.91 Å². The van der Waals surface area contributed by atoms with Crippen LogP contribution in [0.25, 0.3) is 0 Å². The van der Waals surface area contributed by atoms with Crippen LogP contribution in [0.2, 0.25) is 0 Å². The highest BCUT2D eigenvalue weighted by Gasteiger charge is 2.15. The van der Waals surface area contributed by atoms with E-state index in [-0.39, 0.29) is 18.0 Å². The maximum atomic E-state index is 11.1. The Labute approximate surface area is 106 Å². The molecule has 0 aliphatic carbocycles. The lowest BCUT2D eigenvalue weighted by Crippen LogP contribution is -2.17. The first kappa shape index (κ1) is 12.0. The summed E-state index contributed by atoms with van der Waals surface area (Å²) >= 11 is 1.16. The van der Waals surface area contributed by atoms with E-state index >= 15 is 0 Å². The zero-order chi connectivity index (χ0) is 13.0. The average Bonchev–Trinajstić information content (AvgIpc) is 2.95. The predicted octanol–water partition coefficient (Wildman–Crippen LogP) is 0.179. The molecular formula is C9H9N6O2S. The van der Waals surface area contributed by atoms with Gasteiger partial charge < -0.3 is 10.6 Å². The Morgan fingerprint density at radius 3 is 3.06 bits per heavy atom. The molecular weight excluding hydrogens is 256 g/mol. The Balaban J connectivity index is 2.08. The molecule has 0 bridgehead atoms. The molecule has 8 nitrogen and oxygen atoms in total. The van der Waals surface area contributed by atoms with Gasteiger partial charge in [-0.1, -0.05) is 5.16 Å². The van der Waals surface area contributed by atoms with Crippen molar-refractivity contribution < 1.29 is 9.63 Å². The molecule has 2 aromatic rings. The number of nitrogens with zero attached hydrogens (tertiary/aromatic N) is 3. The van der Waals surface area contributed by atoms with E-state index in [1.807, 2.05) is 0 Å². The van der Waals surface area contributed by atoms with Crippen molar-refractivity contribution in [1.82, 2.24) is 20.9 Å². The van der Waals surface area contributed by atoms with Crippen molar-refractivity contribution in [3.8, 4) is 0 Å². The third-order valence-corrected chi connectivity index (χ3v) is 2.58. The van der Waals surface area contributed by atoms with Crippen molar-refractivity contribution >= 4 is 28.1 Å². The summed E-state index contributed by atoms with van der Waals surface area (Å²) in [5, 5.41) is 11.9. The molecule has 0 atom stereocenters. The van der Waals surface area contributed by atoms with Crippen molar-refractivity contribution in [2.75, 3.05) is 5.73 Å². The second-order valence-corrected chi connectivity index (χ2v) is 4.07. The standard InChI is InChI=1S/C9H9N6O2S/c10-8(16)7(6-4-18-9(11)13-6)15-17-3-5-1-2-12-14-5/h1-2,4,10H,3H2,(H2,11,13)(H,12,14). The number of aromatic nitrogens is 3. The number of hydrogen-bond acceptors (Lipinski definition) is 7. The van der Waals surface area contributed by atoms with Crippen LogP contribution in [0.1, 0.15) is 11.4 Å². The average molecular weight is 265 g/mol. The summed E-state index contributed by atoms with van der Waals surface area (Å²) in [5.74, 6) is -0.984. The zero-order valence-electron chi connectivity index (χ0n) is 9.08. The van der Waals surface area contributed by atoms with Crippen LogP contribution in [-0.4, -0.2) is 26.8 Å². The number of hydrogen-bond donors (Lipinski definition) is 2. The van der Waals surface area contributed by atoms with Gasteiger partial charge in [-0.25, -0.2) is 4.98 Å². The maximum absolute atomic E-state index is 11.1. The predicted molar refractivity (Wildman–Crippen MR) is 64.5 cm³/mol. The number of amides is 1. The maximum Gasteiger partial charge on any atom is 0.294 e. The molecule has 0 spiro atoms. The first-order chi connectivity index (χ1) is 8.66. The molecule has 1 radical (unpaired) electrons. The van der Waals surface area contributed by atoms with E-state index in [1.165, 1.54) is 0 Å².